The van der Waals surface area contributed by atoms with Crippen LogP contribution >= 0.6 is 0 Å². The van der Waals surface area contributed by atoms with E-state index >= 15 is 0 Å². The monoisotopic (exact) mass is 187 g/mol. The van der Waals surface area contributed by atoms with Gasteiger partial charge in [-0.2, -0.15) is 0 Å². The molecule has 0 aromatic heterocycles. The minimum Gasteiger partial charge on any atom is -0.481 e. The molecule has 0 aromatic carbocycles. The molecule has 0 heterocycles. The van der Waals surface area contributed by atoms with Gasteiger partial charge in [0, 0.05) is 12.8 Å². The van der Waals surface area contributed by atoms with Crippen molar-refractivity contribution in [2.45, 2.75) is 33.1 Å². The number of rotatable bonds is 6. The maximum absolute atomic E-state index is 10.6. The second kappa shape index (κ2) is 5.56. The van der Waals surface area contributed by atoms with Crippen LogP contribution in [-0.2, 0) is 9.59 Å². The first-order valence-corrected chi connectivity index (χ1v) is 4.42. The highest BCUT2D eigenvalue weighted by Crippen LogP contribution is 2.18. The molecule has 3 N–H and O–H groups in total. The fourth-order valence-electron chi connectivity index (χ4n) is 1.44. The van der Waals surface area contributed by atoms with Crippen LogP contribution in [0.15, 0.2) is 0 Å². The van der Waals surface area contributed by atoms with Crippen molar-refractivity contribution in [1.29, 1.82) is 0 Å². The Bertz CT molecular complexity index is 173. The molecule has 13 heavy (non-hydrogen) atoms. The van der Waals surface area contributed by atoms with Gasteiger partial charge in [-0.3, -0.25) is 9.59 Å². The Balaban J connectivity index is 4.02. The fraction of sp³-hybridized carbons (Fsp3) is 0.778. The van der Waals surface area contributed by atoms with Gasteiger partial charge < -0.3 is 10.8 Å². The van der Waals surface area contributed by atoms with Crippen LogP contribution < -0.4 is 5.73 Å². The number of hydrogen-bond acceptors (Lipinski definition) is 2. The van der Waals surface area contributed by atoms with Crippen LogP contribution in [0.4, 0.5) is 0 Å². The quantitative estimate of drug-likeness (QED) is 0.650. The molecule has 0 aromatic rings. The number of primary amides is 1. The van der Waals surface area contributed by atoms with E-state index in [-0.39, 0.29) is 18.8 Å². The predicted octanol–water partition coefficient (Wildman–Crippen LogP) is 0.999. The molecule has 4 heteroatoms. The van der Waals surface area contributed by atoms with Gasteiger partial charge in [0.15, 0.2) is 0 Å². The molecule has 0 aliphatic heterocycles. The van der Waals surface area contributed by atoms with Gasteiger partial charge in [-0.25, -0.2) is 0 Å². The van der Waals surface area contributed by atoms with Crippen LogP contribution in [0, 0.1) is 11.8 Å². The van der Waals surface area contributed by atoms with Crippen molar-refractivity contribution in [3.63, 3.8) is 0 Å². The Hall–Kier alpha value is -1.06. The van der Waals surface area contributed by atoms with Gasteiger partial charge in [0.05, 0.1) is 0 Å². The van der Waals surface area contributed by atoms with Crippen molar-refractivity contribution in [3.05, 3.63) is 0 Å². The standard InChI is InChI=1S/C9H17NO3/c1-6(2)3-7(4-8(10)11)5-9(12)13/h6-7H,3-5H2,1-2H3,(H2,10,11)(H,12,13). The van der Waals surface area contributed by atoms with Gasteiger partial charge in [-0.05, 0) is 18.3 Å². The molecule has 0 radical (unpaired) electrons. The summed E-state index contributed by atoms with van der Waals surface area (Å²) in [4.78, 5) is 21.0. The van der Waals surface area contributed by atoms with Crippen LogP contribution in [0.1, 0.15) is 33.1 Å². The van der Waals surface area contributed by atoms with E-state index in [1.165, 1.54) is 0 Å². The van der Waals surface area contributed by atoms with Crippen molar-refractivity contribution in [2.24, 2.45) is 17.6 Å². The third kappa shape index (κ3) is 7.31. The second-order valence-corrected chi connectivity index (χ2v) is 3.76. The lowest BCUT2D eigenvalue weighted by atomic mass is 9.91. The van der Waals surface area contributed by atoms with Crippen molar-refractivity contribution in [3.8, 4) is 0 Å². The van der Waals surface area contributed by atoms with Crippen LogP contribution in [0.25, 0.3) is 0 Å². The third-order valence-electron chi connectivity index (χ3n) is 1.76. The minimum absolute atomic E-state index is 0.0289. The lowest BCUT2D eigenvalue weighted by molar-refractivity contribution is -0.138. The molecule has 0 aliphatic rings. The number of carbonyl (C=O) groups is 2. The summed E-state index contributed by atoms with van der Waals surface area (Å²) in [6.45, 7) is 3.99. The maximum Gasteiger partial charge on any atom is 0.303 e. The first kappa shape index (κ1) is 11.9. The van der Waals surface area contributed by atoms with Crippen LogP contribution in [0.5, 0.6) is 0 Å². The first-order valence-electron chi connectivity index (χ1n) is 4.42. The van der Waals surface area contributed by atoms with Crippen molar-refractivity contribution >= 4 is 11.9 Å². The highest BCUT2D eigenvalue weighted by molar-refractivity contribution is 5.75. The van der Waals surface area contributed by atoms with Gasteiger partial charge >= 0.3 is 5.97 Å². The van der Waals surface area contributed by atoms with Gasteiger partial charge in [0.25, 0.3) is 0 Å². The molecule has 0 saturated heterocycles. The van der Waals surface area contributed by atoms with Gasteiger partial charge in [0.1, 0.15) is 0 Å². The maximum atomic E-state index is 10.6. The number of hydrogen-bond donors (Lipinski definition) is 2. The number of nitrogens with two attached hydrogens (primary N) is 1. The van der Waals surface area contributed by atoms with Crippen LogP contribution in [0.2, 0.25) is 0 Å². The number of aliphatic carboxylic acids is 1. The molecule has 0 rings (SSSR count). The summed E-state index contributed by atoms with van der Waals surface area (Å²) in [5.41, 5.74) is 5.01. The SMILES string of the molecule is CC(C)CC(CC(N)=O)CC(=O)O. The third-order valence-corrected chi connectivity index (χ3v) is 1.76. The summed E-state index contributed by atoms with van der Waals surface area (Å²) >= 11 is 0. The van der Waals surface area contributed by atoms with Gasteiger partial charge in [-0.1, -0.05) is 13.8 Å². The van der Waals surface area contributed by atoms with Crippen molar-refractivity contribution < 1.29 is 14.7 Å². The Morgan fingerprint density at radius 1 is 1.31 bits per heavy atom. The highest BCUT2D eigenvalue weighted by Gasteiger charge is 2.16. The number of carboxylic acids is 1. The summed E-state index contributed by atoms with van der Waals surface area (Å²) in [5.74, 6) is -1.02. The molecule has 1 amide bonds. The van der Waals surface area contributed by atoms with Gasteiger partial charge in [0.2, 0.25) is 5.91 Å². The van der Waals surface area contributed by atoms with E-state index in [1.807, 2.05) is 13.8 Å². The van der Waals surface area contributed by atoms with Gasteiger partial charge in [-0.15, -0.1) is 0 Å². The number of amides is 1. The minimum atomic E-state index is -0.869. The van der Waals surface area contributed by atoms with E-state index in [4.69, 9.17) is 10.8 Å². The molecule has 0 bridgehead atoms. The van der Waals surface area contributed by atoms with E-state index in [0.717, 1.165) is 6.42 Å². The molecular weight excluding hydrogens is 170 g/mol. The molecule has 4 nitrogen and oxygen atoms in total. The molecule has 1 unspecified atom stereocenters. The van der Waals surface area contributed by atoms with E-state index in [2.05, 4.69) is 0 Å². The molecule has 0 spiro atoms. The molecule has 76 valence electrons. The molecular formula is C9H17NO3. The molecule has 1 atom stereocenters. The number of carbonyl (C=O) groups excluding carboxylic acids is 1. The second-order valence-electron chi connectivity index (χ2n) is 3.76. The normalized spacial score (nSPS) is 12.8. The lowest BCUT2D eigenvalue weighted by Gasteiger charge is -2.14. The highest BCUT2D eigenvalue weighted by atomic mass is 16.4. The van der Waals surface area contributed by atoms with Crippen molar-refractivity contribution in [1.82, 2.24) is 0 Å². The van der Waals surface area contributed by atoms with E-state index in [9.17, 15) is 9.59 Å². The summed E-state index contributed by atoms with van der Waals surface area (Å²) in [5, 5.41) is 8.56. The zero-order chi connectivity index (χ0) is 10.4. The first-order chi connectivity index (χ1) is 5.91. The molecule has 0 saturated carbocycles. The van der Waals surface area contributed by atoms with E-state index in [0.29, 0.717) is 5.92 Å². The van der Waals surface area contributed by atoms with E-state index < -0.39 is 11.9 Å². The smallest absolute Gasteiger partial charge is 0.303 e. The number of carboxylic acid groups (broad SMARTS) is 1. The average molecular weight is 187 g/mol. The summed E-state index contributed by atoms with van der Waals surface area (Å²) in [6, 6.07) is 0. The Morgan fingerprint density at radius 3 is 2.15 bits per heavy atom. The van der Waals surface area contributed by atoms with Crippen LogP contribution in [-0.4, -0.2) is 17.0 Å². The lowest BCUT2D eigenvalue weighted by Crippen LogP contribution is -2.19. The summed E-state index contributed by atoms with van der Waals surface area (Å²) < 4.78 is 0. The molecule has 0 fully saturated rings. The predicted molar refractivity (Wildman–Crippen MR) is 49.0 cm³/mol. The topological polar surface area (TPSA) is 80.4 Å². The Kier molecular flexibility index (Phi) is 5.11. The van der Waals surface area contributed by atoms with Crippen LogP contribution in [0.3, 0.4) is 0 Å². The summed E-state index contributed by atoms with van der Waals surface area (Å²) in [6.07, 6.45) is 0.931. The summed E-state index contributed by atoms with van der Waals surface area (Å²) in [7, 11) is 0. The zero-order valence-corrected chi connectivity index (χ0v) is 8.12. The zero-order valence-electron chi connectivity index (χ0n) is 8.12. The fourth-order valence-corrected chi connectivity index (χ4v) is 1.44. The largest absolute Gasteiger partial charge is 0.481 e. The molecule has 0 aliphatic carbocycles. The van der Waals surface area contributed by atoms with Crippen molar-refractivity contribution in [2.75, 3.05) is 0 Å². The Labute approximate surface area is 78.1 Å². The Morgan fingerprint density at radius 2 is 1.85 bits per heavy atom. The average Bonchev–Trinajstić information content (AvgIpc) is 1.80. The van der Waals surface area contributed by atoms with E-state index in [1.54, 1.807) is 0 Å².